The molecule has 1 aromatic rings. The van der Waals surface area contributed by atoms with Crippen molar-refractivity contribution in [2.45, 2.75) is 37.5 Å². The summed E-state index contributed by atoms with van der Waals surface area (Å²) in [4.78, 5) is 4.05. The van der Waals surface area contributed by atoms with Gasteiger partial charge in [-0.2, -0.15) is 0 Å². The lowest BCUT2D eigenvalue weighted by Gasteiger charge is -2.08. The zero-order valence-corrected chi connectivity index (χ0v) is 12.8. The molecular formula is C12H20ClN3O2S. The largest absolute Gasteiger partial charge is 0.372 e. The number of nitrogens with one attached hydrogen (secondary N) is 2. The van der Waals surface area contributed by atoms with Crippen LogP contribution in [0.15, 0.2) is 17.2 Å². The van der Waals surface area contributed by atoms with Crippen LogP contribution in [0.1, 0.15) is 32.6 Å². The highest BCUT2D eigenvalue weighted by molar-refractivity contribution is 7.89. The van der Waals surface area contributed by atoms with Gasteiger partial charge in [0.1, 0.15) is 10.7 Å². The molecule has 0 aromatic carbocycles. The van der Waals surface area contributed by atoms with E-state index in [1.54, 1.807) is 7.05 Å². The maximum Gasteiger partial charge on any atom is 0.242 e. The molecule has 0 spiro atoms. The first kappa shape index (κ1) is 16.2. The van der Waals surface area contributed by atoms with Gasteiger partial charge >= 0.3 is 0 Å². The topological polar surface area (TPSA) is 71.1 Å². The van der Waals surface area contributed by atoms with Crippen molar-refractivity contribution in [2.24, 2.45) is 0 Å². The van der Waals surface area contributed by atoms with Crippen LogP contribution in [0.3, 0.4) is 0 Å². The summed E-state index contributed by atoms with van der Waals surface area (Å²) in [5.74, 6) is 0.462. The fourth-order valence-electron chi connectivity index (χ4n) is 1.59. The molecule has 1 rings (SSSR count). The van der Waals surface area contributed by atoms with Gasteiger partial charge in [-0.3, -0.25) is 0 Å². The summed E-state index contributed by atoms with van der Waals surface area (Å²) in [6, 6.07) is 1.40. The van der Waals surface area contributed by atoms with Crippen LogP contribution in [0.2, 0.25) is 5.02 Å². The number of unbranched alkanes of at least 4 members (excludes halogenated alkanes) is 3. The highest BCUT2D eigenvalue weighted by Crippen LogP contribution is 2.21. The van der Waals surface area contributed by atoms with Gasteiger partial charge in [0.25, 0.3) is 0 Å². The molecule has 0 bridgehead atoms. The summed E-state index contributed by atoms with van der Waals surface area (Å²) in [7, 11) is -1.84. The number of hydrogen-bond donors (Lipinski definition) is 2. The first-order valence-corrected chi connectivity index (χ1v) is 8.20. The SMILES string of the molecule is CCCCCCNS(=O)(=O)c1cnc(NC)c(Cl)c1. The molecule has 0 saturated heterocycles. The van der Waals surface area contributed by atoms with Crippen molar-refractivity contribution < 1.29 is 8.42 Å². The molecule has 0 amide bonds. The van der Waals surface area contributed by atoms with Crippen molar-refractivity contribution in [3.8, 4) is 0 Å². The standard InChI is InChI=1S/C12H20ClN3O2S/c1-3-4-5-6-7-16-19(17,18)10-8-11(13)12(14-2)15-9-10/h8-9,16H,3-7H2,1-2H3,(H,14,15). The normalized spacial score (nSPS) is 11.5. The second kappa shape index (κ2) is 7.67. The van der Waals surface area contributed by atoms with Crippen molar-refractivity contribution in [2.75, 3.05) is 18.9 Å². The van der Waals surface area contributed by atoms with E-state index in [1.165, 1.54) is 12.3 Å². The Morgan fingerprint density at radius 2 is 2.05 bits per heavy atom. The Morgan fingerprint density at radius 1 is 1.32 bits per heavy atom. The van der Waals surface area contributed by atoms with Crippen molar-refractivity contribution in [1.29, 1.82) is 0 Å². The Labute approximate surface area is 119 Å². The van der Waals surface area contributed by atoms with Gasteiger partial charge in [-0.05, 0) is 12.5 Å². The molecule has 0 aliphatic heterocycles. The molecule has 0 aliphatic rings. The molecular weight excluding hydrogens is 286 g/mol. The monoisotopic (exact) mass is 305 g/mol. The molecule has 1 aromatic heterocycles. The number of sulfonamides is 1. The molecule has 0 aliphatic carbocycles. The Balaban J connectivity index is 2.64. The quantitative estimate of drug-likeness (QED) is 0.724. The second-order valence-electron chi connectivity index (χ2n) is 4.21. The first-order valence-electron chi connectivity index (χ1n) is 6.34. The second-order valence-corrected chi connectivity index (χ2v) is 6.38. The molecule has 0 radical (unpaired) electrons. The summed E-state index contributed by atoms with van der Waals surface area (Å²) < 4.78 is 26.5. The van der Waals surface area contributed by atoms with Gasteiger partial charge in [-0.15, -0.1) is 0 Å². The third-order valence-electron chi connectivity index (χ3n) is 2.69. The van der Waals surface area contributed by atoms with Crippen LogP contribution >= 0.6 is 11.6 Å². The van der Waals surface area contributed by atoms with Gasteiger partial charge in [-0.1, -0.05) is 37.8 Å². The molecule has 2 N–H and O–H groups in total. The molecule has 0 saturated carbocycles. The van der Waals surface area contributed by atoms with E-state index >= 15 is 0 Å². The van der Waals surface area contributed by atoms with Crippen LogP contribution in [0, 0.1) is 0 Å². The molecule has 0 atom stereocenters. The van der Waals surface area contributed by atoms with Gasteiger partial charge in [0.2, 0.25) is 10.0 Å². The van der Waals surface area contributed by atoms with E-state index in [0.29, 0.717) is 12.4 Å². The van der Waals surface area contributed by atoms with Crippen LogP contribution in [-0.2, 0) is 10.0 Å². The Bertz CT molecular complexity index is 506. The highest BCUT2D eigenvalue weighted by Gasteiger charge is 2.15. The van der Waals surface area contributed by atoms with Crippen molar-refractivity contribution in [3.05, 3.63) is 17.3 Å². The molecule has 108 valence electrons. The summed E-state index contributed by atoms with van der Waals surface area (Å²) in [6.45, 7) is 2.55. The summed E-state index contributed by atoms with van der Waals surface area (Å²) >= 11 is 5.92. The zero-order chi connectivity index (χ0) is 14.3. The van der Waals surface area contributed by atoms with Gasteiger partial charge in [0.15, 0.2) is 0 Å². The summed E-state index contributed by atoms with van der Waals surface area (Å²) in [6.07, 6.45) is 5.40. The lowest BCUT2D eigenvalue weighted by molar-refractivity contribution is 0.573. The summed E-state index contributed by atoms with van der Waals surface area (Å²) in [5.41, 5.74) is 0. The zero-order valence-electron chi connectivity index (χ0n) is 11.2. The molecule has 0 unspecified atom stereocenters. The van der Waals surface area contributed by atoms with E-state index in [-0.39, 0.29) is 9.92 Å². The average Bonchev–Trinajstić information content (AvgIpc) is 2.38. The van der Waals surface area contributed by atoms with Crippen molar-refractivity contribution in [1.82, 2.24) is 9.71 Å². The van der Waals surface area contributed by atoms with Gasteiger partial charge in [0, 0.05) is 19.8 Å². The van der Waals surface area contributed by atoms with E-state index in [1.807, 2.05) is 0 Å². The van der Waals surface area contributed by atoms with Crippen LogP contribution in [0.4, 0.5) is 5.82 Å². The smallest absolute Gasteiger partial charge is 0.242 e. The van der Waals surface area contributed by atoms with E-state index in [9.17, 15) is 8.42 Å². The minimum Gasteiger partial charge on any atom is -0.372 e. The van der Waals surface area contributed by atoms with Crippen molar-refractivity contribution >= 4 is 27.4 Å². The number of hydrogen-bond acceptors (Lipinski definition) is 4. The van der Waals surface area contributed by atoms with Crippen LogP contribution in [0.5, 0.6) is 0 Å². The lowest BCUT2D eigenvalue weighted by Crippen LogP contribution is -2.25. The number of rotatable bonds is 8. The first-order chi connectivity index (χ1) is 9.01. The molecule has 5 nitrogen and oxygen atoms in total. The van der Waals surface area contributed by atoms with Gasteiger partial charge < -0.3 is 5.32 Å². The van der Waals surface area contributed by atoms with Gasteiger partial charge in [-0.25, -0.2) is 18.1 Å². The Hall–Kier alpha value is -0.850. The predicted molar refractivity (Wildman–Crippen MR) is 78.1 cm³/mol. The third-order valence-corrected chi connectivity index (χ3v) is 4.40. The van der Waals surface area contributed by atoms with Crippen LogP contribution < -0.4 is 10.0 Å². The molecule has 0 fully saturated rings. The Morgan fingerprint density at radius 3 is 2.63 bits per heavy atom. The average molecular weight is 306 g/mol. The highest BCUT2D eigenvalue weighted by atomic mass is 35.5. The van der Waals surface area contributed by atoms with Crippen molar-refractivity contribution in [3.63, 3.8) is 0 Å². The van der Waals surface area contributed by atoms with Crippen LogP contribution in [-0.4, -0.2) is 27.0 Å². The molecule has 7 heteroatoms. The minimum absolute atomic E-state index is 0.0898. The maximum atomic E-state index is 12.0. The number of pyridine rings is 1. The fourth-order valence-corrected chi connectivity index (χ4v) is 2.96. The summed E-state index contributed by atoms with van der Waals surface area (Å²) in [5, 5.41) is 3.07. The van der Waals surface area contributed by atoms with E-state index in [0.717, 1.165) is 25.7 Å². The number of halogens is 1. The molecule has 19 heavy (non-hydrogen) atoms. The predicted octanol–water partition coefficient (Wildman–Crippen LogP) is 2.64. The lowest BCUT2D eigenvalue weighted by atomic mass is 10.2. The fraction of sp³-hybridized carbons (Fsp3) is 0.583. The number of aromatic nitrogens is 1. The van der Waals surface area contributed by atoms with Gasteiger partial charge in [0.05, 0.1) is 5.02 Å². The number of nitrogens with zero attached hydrogens (tertiary/aromatic N) is 1. The van der Waals surface area contributed by atoms with Crippen LogP contribution in [0.25, 0.3) is 0 Å². The minimum atomic E-state index is -3.52. The number of anilines is 1. The van der Waals surface area contributed by atoms with E-state index in [4.69, 9.17) is 11.6 Å². The molecule has 1 heterocycles. The van der Waals surface area contributed by atoms with E-state index < -0.39 is 10.0 Å². The Kier molecular flexibility index (Phi) is 6.54. The van der Waals surface area contributed by atoms with E-state index in [2.05, 4.69) is 21.9 Å². The maximum absolute atomic E-state index is 12.0. The third kappa shape index (κ3) is 4.97.